The molecule has 2 aromatic carbocycles. The van der Waals surface area contributed by atoms with Crippen LogP contribution in [0.4, 0.5) is 35.9 Å². The highest BCUT2D eigenvalue weighted by Gasteiger charge is 2.60. The number of aryl methyl sites for hydroxylation is 1. The van der Waals surface area contributed by atoms with Crippen LogP contribution < -0.4 is 30.5 Å². The van der Waals surface area contributed by atoms with E-state index in [0.29, 0.717) is 55.3 Å². The Hall–Kier alpha value is -5.05. The molecule has 4 aliphatic rings. The van der Waals surface area contributed by atoms with Gasteiger partial charge in [-0.05, 0) is 118 Å². The van der Waals surface area contributed by atoms with Gasteiger partial charge < -0.3 is 20.3 Å². The summed E-state index contributed by atoms with van der Waals surface area (Å²) in [6.07, 6.45) is 2.14. The average Bonchev–Trinajstić information content (AvgIpc) is 3.42. The molecule has 4 heterocycles. The first-order valence-corrected chi connectivity index (χ1v) is 20.1. The molecule has 0 bridgehead atoms. The lowest BCUT2D eigenvalue weighted by molar-refractivity contribution is -0.138. The summed E-state index contributed by atoms with van der Waals surface area (Å²) in [7, 11) is 0. The van der Waals surface area contributed by atoms with Gasteiger partial charge in [0.2, 0.25) is 17.7 Å². The number of nitrogens with one attached hydrogen (secondary N) is 3. The van der Waals surface area contributed by atoms with E-state index in [1.807, 2.05) is 30.0 Å². The molecule has 3 aromatic rings. The molecule has 1 aromatic heterocycles. The van der Waals surface area contributed by atoms with Crippen molar-refractivity contribution in [3.63, 3.8) is 0 Å². The first-order chi connectivity index (χ1) is 27.8. The Balaban J connectivity index is 0.00000585. The molecule has 1 spiro atoms. The van der Waals surface area contributed by atoms with E-state index in [-0.39, 0.29) is 54.7 Å². The average molecular weight is 855 g/mol. The predicted octanol–water partition coefficient (Wildman–Crippen LogP) is 6.28. The fourth-order valence-corrected chi connectivity index (χ4v) is 8.87. The minimum atomic E-state index is -4.82. The second kappa shape index (κ2) is 18.1. The number of rotatable bonds is 12. The monoisotopic (exact) mass is 854 g/mol. The molecule has 59 heavy (non-hydrogen) atoms. The molecule has 7 rings (SSSR count). The van der Waals surface area contributed by atoms with Crippen molar-refractivity contribution in [3.8, 4) is 11.8 Å². The number of hydrogen-bond donors (Lipinski definition) is 4. The van der Waals surface area contributed by atoms with Crippen LogP contribution in [0.1, 0.15) is 75.1 Å². The number of benzene rings is 2. The number of likely N-dealkylation sites (tertiary alicyclic amines) is 1. The molecule has 2 atom stereocenters. The maximum absolute atomic E-state index is 14.0. The molecule has 4 amide bonds. The number of thiol groups is 1. The summed E-state index contributed by atoms with van der Waals surface area (Å²) in [5.74, 6) is 0.0333. The molecule has 4 fully saturated rings. The van der Waals surface area contributed by atoms with Gasteiger partial charge >= 0.3 is 6.18 Å². The lowest BCUT2D eigenvalue weighted by Gasteiger charge is -2.44. The molecule has 18 heteroatoms. The number of halogens is 4. The Morgan fingerprint density at radius 1 is 1.07 bits per heavy atom. The van der Waals surface area contributed by atoms with Gasteiger partial charge in [-0.2, -0.15) is 18.4 Å². The number of piperidine rings is 2. The molecule has 3 saturated heterocycles. The molecular formula is C41H46ClF3N8O5S. The van der Waals surface area contributed by atoms with Crippen LogP contribution in [0, 0.1) is 17.2 Å². The van der Waals surface area contributed by atoms with Crippen molar-refractivity contribution in [1.82, 2.24) is 15.2 Å². The van der Waals surface area contributed by atoms with Gasteiger partial charge in [0, 0.05) is 23.5 Å². The number of amides is 4. The third-order valence-electron chi connectivity index (χ3n) is 11.6. The van der Waals surface area contributed by atoms with Crippen molar-refractivity contribution >= 4 is 71.4 Å². The summed E-state index contributed by atoms with van der Waals surface area (Å²) in [5, 5.41) is 17.6. The minimum absolute atomic E-state index is 0. The summed E-state index contributed by atoms with van der Waals surface area (Å²) in [6, 6.07) is 14.6. The summed E-state index contributed by atoms with van der Waals surface area (Å²) in [6.45, 7) is 4.32. The van der Waals surface area contributed by atoms with Gasteiger partial charge in [-0.3, -0.25) is 34.3 Å². The van der Waals surface area contributed by atoms with Crippen LogP contribution >= 0.6 is 25.0 Å². The van der Waals surface area contributed by atoms with Gasteiger partial charge in [0.05, 0.1) is 30.6 Å². The molecule has 314 valence electrons. The Morgan fingerprint density at radius 2 is 1.81 bits per heavy atom. The number of carbonyl (C=O) groups excluding carboxylic acids is 4. The van der Waals surface area contributed by atoms with Gasteiger partial charge in [0.15, 0.2) is 11.2 Å². The standard InChI is InChI=1S/C41H45F3N8O5S.ClH/c1-2-26-19-29(52-39(58)51(38(56)40(52)14-4-15-40)30-21-31(41(42,43)44)33(22-45)46-23-30)7-9-34(26)57-18-13-25-11-16-50(17-12-25)24-36(54)48-28-6-3-5-27(20-28)47-32-8-10-35(53)49-37(32)55;/h3,5-7,9,19-21,23,25,32,39,47,58H,2,4,8,10-18,24H2,1H3,(H,48,54)(H,49,53,55);1H. The van der Waals surface area contributed by atoms with Crippen molar-refractivity contribution in [3.05, 3.63) is 71.5 Å². The van der Waals surface area contributed by atoms with E-state index < -0.39 is 34.5 Å². The van der Waals surface area contributed by atoms with E-state index in [0.717, 1.165) is 62.3 Å². The Labute approximate surface area is 351 Å². The first-order valence-electron chi connectivity index (χ1n) is 19.6. The number of hydrogen-bond acceptors (Lipinski definition) is 11. The summed E-state index contributed by atoms with van der Waals surface area (Å²) in [4.78, 5) is 59.4. The molecule has 1 aliphatic carbocycles. The maximum Gasteiger partial charge on any atom is 0.419 e. The number of ether oxygens (including phenoxy) is 1. The van der Waals surface area contributed by atoms with E-state index >= 15 is 0 Å². The lowest BCUT2D eigenvalue weighted by Crippen LogP contribution is -2.55. The fourth-order valence-electron chi connectivity index (χ4n) is 8.28. The van der Waals surface area contributed by atoms with Crippen LogP contribution in [0.2, 0.25) is 0 Å². The molecule has 3 aliphatic heterocycles. The molecule has 1 saturated carbocycles. The molecule has 3 N–H and O–H groups in total. The highest BCUT2D eigenvalue weighted by Crippen LogP contribution is 2.51. The Kier molecular flexibility index (Phi) is 13.3. The molecular weight excluding hydrogens is 809 g/mol. The summed E-state index contributed by atoms with van der Waals surface area (Å²) in [5.41, 5.74) is -0.963. The topological polar surface area (TPSA) is 160 Å². The van der Waals surface area contributed by atoms with Crippen molar-refractivity contribution in [2.75, 3.05) is 46.7 Å². The summed E-state index contributed by atoms with van der Waals surface area (Å²) >= 11 is 4.78. The van der Waals surface area contributed by atoms with E-state index in [1.54, 1.807) is 24.3 Å². The van der Waals surface area contributed by atoms with Gasteiger partial charge in [-0.25, -0.2) is 4.98 Å². The number of anilines is 4. The number of aromatic nitrogens is 1. The van der Waals surface area contributed by atoms with E-state index in [4.69, 9.17) is 17.4 Å². The third-order valence-corrected chi connectivity index (χ3v) is 12.0. The minimum Gasteiger partial charge on any atom is -0.493 e. The number of nitrogens with zero attached hydrogens (tertiary/aromatic N) is 5. The van der Waals surface area contributed by atoms with Crippen LogP contribution in [0.25, 0.3) is 0 Å². The lowest BCUT2D eigenvalue weighted by atomic mass is 9.75. The predicted molar refractivity (Wildman–Crippen MR) is 220 cm³/mol. The highest BCUT2D eigenvalue weighted by atomic mass is 35.5. The zero-order chi connectivity index (χ0) is 41.2. The maximum atomic E-state index is 14.0. The van der Waals surface area contributed by atoms with Crippen LogP contribution in [0.5, 0.6) is 5.75 Å². The largest absolute Gasteiger partial charge is 0.493 e. The molecule has 0 radical (unpaired) electrons. The van der Waals surface area contributed by atoms with E-state index in [1.165, 1.54) is 11.0 Å². The normalized spacial score (nSPS) is 20.7. The van der Waals surface area contributed by atoms with Crippen LogP contribution in [0.15, 0.2) is 54.7 Å². The van der Waals surface area contributed by atoms with E-state index in [2.05, 4.69) is 25.8 Å². The van der Waals surface area contributed by atoms with Crippen molar-refractivity contribution in [2.24, 2.45) is 5.92 Å². The van der Waals surface area contributed by atoms with E-state index in [9.17, 15) is 37.6 Å². The zero-order valence-corrected chi connectivity index (χ0v) is 34.1. The summed E-state index contributed by atoms with van der Waals surface area (Å²) < 4.78 is 47.7. The smallest absolute Gasteiger partial charge is 0.419 e. The Morgan fingerprint density at radius 3 is 2.47 bits per heavy atom. The van der Waals surface area contributed by atoms with Crippen LogP contribution in [-0.4, -0.2) is 76.8 Å². The SMILES string of the molecule is CCc1cc(N2C(S)N(c3cnc(C#N)c(C(F)(F)F)c3)C(=O)C23CCC3)ccc1OCCC1CCN(CC(=O)Nc2cccc(NC3CCC(=O)NC3=O)c2)CC1.Cl. The highest BCUT2D eigenvalue weighted by molar-refractivity contribution is 7.81. The second-order valence-corrected chi connectivity index (χ2v) is 15.7. The number of carbonyl (C=O) groups is 4. The molecule has 2 unspecified atom stereocenters. The number of pyridine rings is 1. The van der Waals surface area contributed by atoms with Gasteiger partial charge in [-0.1, -0.05) is 13.0 Å². The Bertz CT molecular complexity index is 2120. The van der Waals surface area contributed by atoms with Gasteiger partial charge in [0.25, 0.3) is 5.91 Å². The third kappa shape index (κ3) is 9.24. The number of alkyl halides is 3. The van der Waals surface area contributed by atoms with Crippen LogP contribution in [0.3, 0.4) is 0 Å². The first kappa shape index (κ1) is 43.5. The zero-order valence-electron chi connectivity index (χ0n) is 32.4. The molecule has 13 nitrogen and oxygen atoms in total. The van der Waals surface area contributed by atoms with Crippen molar-refractivity contribution in [1.29, 1.82) is 5.26 Å². The quantitative estimate of drug-likeness (QED) is 0.121. The van der Waals surface area contributed by atoms with Gasteiger partial charge in [0.1, 0.15) is 23.4 Å². The number of nitriles is 1. The van der Waals surface area contributed by atoms with Crippen LogP contribution in [-0.2, 0) is 31.8 Å². The number of imide groups is 1. The second-order valence-electron chi connectivity index (χ2n) is 15.3. The van der Waals surface area contributed by atoms with Crippen molar-refractivity contribution in [2.45, 2.75) is 88.0 Å². The van der Waals surface area contributed by atoms with Crippen molar-refractivity contribution < 1.29 is 37.1 Å². The van der Waals surface area contributed by atoms with Gasteiger partial charge in [-0.15, -0.1) is 25.0 Å². The fraction of sp³-hybridized carbons (Fsp3) is 0.463.